The molecule has 0 unspecified atom stereocenters. The van der Waals surface area contributed by atoms with Gasteiger partial charge in [0.2, 0.25) is 5.69 Å². The van der Waals surface area contributed by atoms with E-state index in [1.165, 1.54) is 4.80 Å². The fourth-order valence-corrected chi connectivity index (χ4v) is 2.66. The summed E-state index contributed by atoms with van der Waals surface area (Å²) in [7, 11) is 0. The first-order valence-electron chi connectivity index (χ1n) is 7.64. The average molecular weight is 338 g/mol. The smallest absolute Gasteiger partial charge is 0.207 e. The highest BCUT2D eigenvalue weighted by atomic mass is 35.5. The molecule has 120 valence electrons. The maximum absolute atomic E-state index is 9.43. The van der Waals surface area contributed by atoms with Crippen molar-refractivity contribution in [2.24, 2.45) is 0 Å². The summed E-state index contributed by atoms with van der Waals surface area (Å²) in [6.45, 7) is 3.40. The van der Waals surface area contributed by atoms with Gasteiger partial charge in [-0.25, -0.2) is 0 Å². The highest BCUT2D eigenvalue weighted by molar-refractivity contribution is 6.32. The van der Waals surface area contributed by atoms with Crippen LogP contribution < -0.4 is 4.90 Å². The van der Waals surface area contributed by atoms with Gasteiger partial charge >= 0.3 is 0 Å². The summed E-state index contributed by atoms with van der Waals surface area (Å²) in [5.74, 6) is 0.559. The Morgan fingerprint density at radius 3 is 2.46 bits per heavy atom. The molecule has 0 saturated carbocycles. The van der Waals surface area contributed by atoms with Crippen LogP contribution in [0.2, 0.25) is 5.02 Å². The highest BCUT2D eigenvalue weighted by Crippen LogP contribution is 2.23. The summed E-state index contributed by atoms with van der Waals surface area (Å²) in [5, 5.41) is 18.8. The maximum Gasteiger partial charge on any atom is 0.207 e. The average Bonchev–Trinajstić information content (AvgIpc) is 3.05. The molecule has 2 aromatic carbocycles. The predicted octanol–water partition coefficient (Wildman–Crippen LogP) is 3.82. The third-order valence-corrected chi connectivity index (χ3v) is 3.99. The van der Waals surface area contributed by atoms with Crippen molar-refractivity contribution in [1.82, 2.24) is 15.0 Å². The van der Waals surface area contributed by atoms with Crippen molar-refractivity contribution in [2.75, 3.05) is 11.4 Å². The normalized spacial score (nSPS) is 10.4. The fourth-order valence-electron chi connectivity index (χ4n) is 2.45. The molecule has 0 aliphatic carbocycles. The lowest BCUT2D eigenvalue weighted by atomic mass is 10.2. The largest absolute Gasteiger partial charge is 0.349 e. The first kappa shape index (κ1) is 16.0. The molecule has 0 fully saturated rings. The summed E-state index contributed by atoms with van der Waals surface area (Å²) in [6, 6.07) is 19.5. The van der Waals surface area contributed by atoms with Gasteiger partial charge in [-0.2, -0.15) is 5.26 Å². The molecule has 0 saturated heterocycles. The monoisotopic (exact) mass is 337 g/mol. The molecule has 5 nitrogen and oxygen atoms in total. The molecule has 0 radical (unpaired) electrons. The molecule has 1 aromatic heterocycles. The summed E-state index contributed by atoms with van der Waals surface area (Å²) in [6.07, 6.45) is 0. The first-order valence-corrected chi connectivity index (χ1v) is 8.02. The molecule has 6 heteroatoms. The van der Waals surface area contributed by atoms with Crippen LogP contribution >= 0.6 is 11.6 Å². The standard InChI is InChI=1S/C18H16ClN5/c1-2-23(13-14-8-4-3-5-9-14)18-16(12-20)21-24(22-18)17-11-7-6-10-15(17)19/h3-11H,2,13H2,1H3. The third-order valence-electron chi connectivity index (χ3n) is 3.67. The zero-order valence-corrected chi connectivity index (χ0v) is 14.0. The SMILES string of the molecule is CCN(Cc1ccccc1)c1nn(-c2ccccc2Cl)nc1C#N. The molecule has 0 amide bonds. The van der Waals surface area contributed by atoms with E-state index >= 15 is 0 Å². The summed E-state index contributed by atoms with van der Waals surface area (Å²) < 4.78 is 0. The number of aromatic nitrogens is 3. The Balaban J connectivity index is 1.98. The van der Waals surface area contributed by atoms with Crippen molar-refractivity contribution < 1.29 is 0 Å². The fraction of sp³-hybridized carbons (Fsp3) is 0.167. The number of nitrogens with zero attached hydrogens (tertiary/aromatic N) is 5. The second-order valence-electron chi connectivity index (χ2n) is 5.22. The Labute approximate surface area is 145 Å². The lowest BCUT2D eigenvalue weighted by Crippen LogP contribution is -2.23. The van der Waals surface area contributed by atoms with Gasteiger partial charge in [-0.3, -0.25) is 0 Å². The molecule has 24 heavy (non-hydrogen) atoms. The Hall–Kier alpha value is -2.84. The van der Waals surface area contributed by atoms with Crippen LogP contribution in [0.25, 0.3) is 5.69 Å². The van der Waals surface area contributed by atoms with Crippen LogP contribution in [0.15, 0.2) is 54.6 Å². The maximum atomic E-state index is 9.43. The van der Waals surface area contributed by atoms with Crippen LogP contribution in [0.1, 0.15) is 18.2 Å². The second-order valence-corrected chi connectivity index (χ2v) is 5.63. The molecule has 0 atom stereocenters. The number of benzene rings is 2. The van der Waals surface area contributed by atoms with Crippen LogP contribution in [0.4, 0.5) is 5.82 Å². The molecule has 0 spiro atoms. The topological polar surface area (TPSA) is 57.7 Å². The number of nitriles is 1. The number of hydrogen-bond acceptors (Lipinski definition) is 4. The Morgan fingerprint density at radius 1 is 1.08 bits per heavy atom. The minimum atomic E-state index is 0.285. The molecule has 0 N–H and O–H groups in total. The molecule has 0 aliphatic rings. The van der Waals surface area contributed by atoms with Crippen molar-refractivity contribution >= 4 is 17.4 Å². The number of rotatable bonds is 5. The number of para-hydroxylation sites is 1. The van der Waals surface area contributed by atoms with E-state index in [9.17, 15) is 5.26 Å². The Bertz CT molecular complexity index is 867. The molecule has 0 aliphatic heterocycles. The van der Waals surface area contributed by atoms with Crippen LogP contribution in [-0.2, 0) is 6.54 Å². The van der Waals surface area contributed by atoms with Gasteiger partial charge in [0.05, 0.1) is 5.02 Å². The van der Waals surface area contributed by atoms with Gasteiger partial charge in [0, 0.05) is 13.1 Å². The van der Waals surface area contributed by atoms with E-state index in [0.717, 1.165) is 5.56 Å². The molecule has 3 rings (SSSR count). The molecule has 0 bridgehead atoms. The molecular formula is C18H16ClN5. The van der Waals surface area contributed by atoms with Crippen LogP contribution in [0, 0.1) is 11.3 Å². The summed E-state index contributed by atoms with van der Waals surface area (Å²) in [4.78, 5) is 3.44. The van der Waals surface area contributed by atoms with Crippen LogP contribution in [-0.4, -0.2) is 21.5 Å². The first-order chi connectivity index (χ1) is 11.7. The minimum Gasteiger partial charge on any atom is -0.349 e. The lowest BCUT2D eigenvalue weighted by molar-refractivity contribution is 0.733. The quantitative estimate of drug-likeness (QED) is 0.710. The van der Waals surface area contributed by atoms with E-state index in [1.807, 2.05) is 60.4 Å². The number of anilines is 1. The number of halogens is 1. The summed E-state index contributed by atoms with van der Waals surface area (Å²) >= 11 is 6.21. The minimum absolute atomic E-state index is 0.285. The van der Waals surface area contributed by atoms with Crippen LogP contribution in [0.5, 0.6) is 0 Å². The van der Waals surface area contributed by atoms with Crippen molar-refractivity contribution in [3.05, 3.63) is 70.9 Å². The zero-order chi connectivity index (χ0) is 16.9. The number of hydrogen-bond donors (Lipinski definition) is 0. The third kappa shape index (κ3) is 3.24. The van der Waals surface area contributed by atoms with E-state index in [-0.39, 0.29) is 5.69 Å². The van der Waals surface area contributed by atoms with Crippen molar-refractivity contribution in [3.63, 3.8) is 0 Å². The van der Waals surface area contributed by atoms with E-state index in [1.54, 1.807) is 6.07 Å². The van der Waals surface area contributed by atoms with Gasteiger partial charge in [0.15, 0.2) is 5.82 Å². The van der Waals surface area contributed by atoms with E-state index < -0.39 is 0 Å². The van der Waals surface area contributed by atoms with Gasteiger partial charge in [-0.1, -0.05) is 54.1 Å². The Morgan fingerprint density at radius 2 is 1.79 bits per heavy atom. The van der Waals surface area contributed by atoms with Gasteiger partial charge < -0.3 is 4.90 Å². The highest BCUT2D eigenvalue weighted by Gasteiger charge is 2.18. The second kappa shape index (κ2) is 7.16. The lowest BCUT2D eigenvalue weighted by Gasteiger charge is -2.20. The van der Waals surface area contributed by atoms with Crippen molar-refractivity contribution in [2.45, 2.75) is 13.5 Å². The molecular weight excluding hydrogens is 322 g/mol. The Kier molecular flexibility index (Phi) is 4.78. The molecule has 3 aromatic rings. The van der Waals surface area contributed by atoms with Crippen LogP contribution in [0.3, 0.4) is 0 Å². The van der Waals surface area contributed by atoms with Crippen molar-refractivity contribution in [3.8, 4) is 11.8 Å². The molecule has 1 heterocycles. The van der Waals surface area contributed by atoms with Gasteiger partial charge in [-0.15, -0.1) is 15.0 Å². The zero-order valence-electron chi connectivity index (χ0n) is 13.2. The van der Waals surface area contributed by atoms with E-state index in [2.05, 4.69) is 16.3 Å². The van der Waals surface area contributed by atoms with E-state index in [4.69, 9.17) is 11.6 Å². The van der Waals surface area contributed by atoms with E-state index in [0.29, 0.717) is 29.6 Å². The van der Waals surface area contributed by atoms with Crippen molar-refractivity contribution in [1.29, 1.82) is 5.26 Å². The summed E-state index contributed by atoms with van der Waals surface area (Å²) in [5.41, 5.74) is 2.08. The predicted molar refractivity (Wildman–Crippen MR) is 94.3 cm³/mol. The van der Waals surface area contributed by atoms with Gasteiger partial charge in [0.1, 0.15) is 11.8 Å². The van der Waals surface area contributed by atoms with Gasteiger partial charge in [0.25, 0.3) is 0 Å². The van der Waals surface area contributed by atoms with Gasteiger partial charge in [-0.05, 0) is 24.6 Å².